The molecule has 0 saturated carbocycles. The molecule has 0 aliphatic carbocycles. The molecule has 0 atom stereocenters. The maximum atomic E-state index is 12.4. The molecular formula is C7H2F5IN2O3. The van der Waals surface area contributed by atoms with Gasteiger partial charge in [0, 0.05) is 6.20 Å². The predicted octanol–water partition coefficient (Wildman–Crippen LogP) is 3.43. The summed E-state index contributed by atoms with van der Waals surface area (Å²) in [6, 6.07) is 0. The number of ether oxygens (including phenoxy) is 1. The van der Waals surface area contributed by atoms with Crippen molar-refractivity contribution in [3.05, 3.63) is 25.4 Å². The quantitative estimate of drug-likeness (QED) is 0.347. The van der Waals surface area contributed by atoms with E-state index in [2.05, 4.69) is 9.72 Å². The largest absolute Gasteiger partial charge is 0.574 e. The van der Waals surface area contributed by atoms with Crippen molar-refractivity contribution < 1.29 is 31.6 Å². The highest BCUT2D eigenvalue weighted by atomic mass is 127. The number of hydrogen-bond acceptors (Lipinski definition) is 4. The molecular weight excluding hydrogens is 382 g/mol. The van der Waals surface area contributed by atoms with Crippen LogP contribution in [0.15, 0.2) is 6.20 Å². The number of alkyl halides is 5. The molecule has 0 saturated heterocycles. The second-order valence-corrected chi connectivity index (χ2v) is 3.87. The Morgan fingerprint density at radius 2 is 2.00 bits per heavy atom. The molecule has 0 aromatic carbocycles. The highest BCUT2D eigenvalue weighted by Crippen LogP contribution is 2.37. The van der Waals surface area contributed by atoms with E-state index in [1.807, 2.05) is 0 Å². The third-order valence-corrected chi connectivity index (χ3v) is 2.59. The van der Waals surface area contributed by atoms with Crippen molar-refractivity contribution >= 4 is 28.3 Å². The zero-order valence-corrected chi connectivity index (χ0v) is 10.2. The fraction of sp³-hybridized carbons (Fsp3) is 0.286. The van der Waals surface area contributed by atoms with Crippen molar-refractivity contribution in [1.29, 1.82) is 0 Å². The lowest BCUT2D eigenvalue weighted by atomic mass is 10.2. The summed E-state index contributed by atoms with van der Waals surface area (Å²) in [6.45, 7) is 0. The molecule has 0 fully saturated rings. The monoisotopic (exact) mass is 384 g/mol. The van der Waals surface area contributed by atoms with Gasteiger partial charge in [0.15, 0.2) is 3.57 Å². The summed E-state index contributed by atoms with van der Waals surface area (Å²) in [4.78, 5) is 12.3. The number of hydrogen-bond donors (Lipinski definition) is 0. The van der Waals surface area contributed by atoms with Gasteiger partial charge >= 0.3 is 6.36 Å². The molecule has 0 bridgehead atoms. The van der Waals surface area contributed by atoms with Gasteiger partial charge in [-0.25, -0.2) is 13.8 Å². The molecule has 0 aliphatic heterocycles. The molecule has 0 radical (unpaired) electrons. The normalized spacial score (nSPS) is 11.7. The minimum atomic E-state index is -5.12. The molecule has 100 valence electrons. The fourth-order valence-corrected chi connectivity index (χ4v) is 1.76. The lowest BCUT2D eigenvalue weighted by Gasteiger charge is -2.10. The summed E-state index contributed by atoms with van der Waals surface area (Å²) in [5.41, 5.74) is -2.22. The standard InChI is InChI=1S/C7H2F5IN2O3/c8-5(9)2-1-14-6(18-7(10,11)12)3(13)4(2)15(16)17/h1,5H. The van der Waals surface area contributed by atoms with Gasteiger partial charge in [-0.15, -0.1) is 13.2 Å². The van der Waals surface area contributed by atoms with Crippen LogP contribution in [0.3, 0.4) is 0 Å². The highest BCUT2D eigenvalue weighted by molar-refractivity contribution is 14.1. The average Bonchev–Trinajstić information content (AvgIpc) is 2.17. The van der Waals surface area contributed by atoms with Crippen molar-refractivity contribution in [3.8, 4) is 5.88 Å². The molecule has 0 unspecified atom stereocenters. The third-order valence-electron chi connectivity index (χ3n) is 1.62. The van der Waals surface area contributed by atoms with Crippen LogP contribution in [0.5, 0.6) is 5.88 Å². The summed E-state index contributed by atoms with van der Waals surface area (Å²) < 4.78 is 63.3. The second kappa shape index (κ2) is 5.16. The Morgan fingerprint density at radius 3 is 2.39 bits per heavy atom. The van der Waals surface area contributed by atoms with Crippen molar-refractivity contribution in [1.82, 2.24) is 4.98 Å². The van der Waals surface area contributed by atoms with E-state index in [0.717, 1.165) is 22.6 Å². The number of pyridine rings is 1. The van der Waals surface area contributed by atoms with Crippen LogP contribution < -0.4 is 4.74 Å². The molecule has 1 aromatic rings. The maximum absolute atomic E-state index is 12.4. The first-order valence-corrected chi connectivity index (χ1v) is 5.08. The summed E-state index contributed by atoms with van der Waals surface area (Å²) in [5, 5.41) is 10.6. The van der Waals surface area contributed by atoms with E-state index in [-0.39, 0.29) is 6.20 Å². The smallest absolute Gasteiger partial charge is 0.386 e. The number of halogens is 6. The van der Waals surface area contributed by atoms with Crippen LogP contribution in [0.1, 0.15) is 12.0 Å². The van der Waals surface area contributed by atoms with Crippen molar-refractivity contribution in [2.75, 3.05) is 0 Å². The van der Waals surface area contributed by atoms with Crippen LogP contribution in [-0.4, -0.2) is 16.3 Å². The topological polar surface area (TPSA) is 65.3 Å². The number of rotatable bonds is 3. The van der Waals surface area contributed by atoms with Crippen LogP contribution in [0.25, 0.3) is 0 Å². The van der Waals surface area contributed by atoms with E-state index < -0.39 is 38.4 Å². The summed E-state index contributed by atoms with van der Waals surface area (Å²) in [6.07, 6.45) is -8.06. The Balaban J connectivity index is 3.35. The van der Waals surface area contributed by atoms with Crippen molar-refractivity contribution in [2.45, 2.75) is 12.8 Å². The molecule has 0 amide bonds. The van der Waals surface area contributed by atoms with Crippen LogP contribution in [0.4, 0.5) is 27.6 Å². The van der Waals surface area contributed by atoms with E-state index in [1.54, 1.807) is 0 Å². The van der Waals surface area contributed by atoms with Gasteiger partial charge in [-0.3, -0.25) is 10.1 Å². The zero-order chi connectivity index (χ0) is 14.1. The van der Waals surface area contributed by atoms with Gasteiger partial charge in [0.25, 0.3) is 12.1 Å². The van der Waals surface area contributed by atoms with E-state index >= 15 is 0 Å². The van der Waals surface area contributed by atoms with Gasteiger partial charge in [-0.1, -0.05) is 0 Å². The predicted molar refractivity (Wildman–Crippen MR) is 55.2 cm³/mol. The van der Waals surface area contributed by atoms with Crippen LogP contribution in [-0.2, 0) is 0 Å². The van der Waals surface area contributed by atoms with Gasteiger partial charge in [0.2, 0.25) is 5.88 Å². The Morgan fingerprint density at radius 1 is 1.44 bits per heavy atom. The summed E-state index contributed by atoms with van der Waals surface area (Å²) in [5.74, 6) is -1.14. The maximum Gasteiger partial charge on any atom is 0.574 e. The molecule has 0 aliphatic rings. The third kappa shape index (κ3) is 3.36. The SMILES string of the molecule is O=[N+]([O-])c1c(C(F)F)cnc(OC(F)(F)F)c1I. The van der Waals surface area contributed by atoms with Crippen molar-refractivity contribution in [2.24, 2.45) is 0 Å². The lowest BCUT2D eigenvalue weighted by molar-refractivity contribution is -0.387. The van der Waals surface area contributed by atoms with E-state index in [4.69, 9.17) is 0 Å². The molecule has 11 heteroatoms. The van der Waals surface area contributed by atoms with Gasteiger partial charge in [0.1, 0.15) is 5.56 Å². The zero-order valence-electron chi connectivity index (χ0n) is 8.04. The molecule has 1 rings (SSSR count). The lowest BCUT2D eigenvalue weighted by Crippen LogP contribution is -2.19. The molecule has 5 nitrogen and oxygen atoms in total. The van der Waals surface area contributed by atoms with Crippen molar-refractivity contribution in [3.63, 3.8) is 0 Å². The first-order valence-electron chi connectivity index (χ1n) is 4.00. The highest BCUT2D eigenvalue weighted by Gasteiger charge is 2.36. The minimum absolute atomic E-state index is 0.284. The summed E-state index contributed by atoms with van der Waals surface area (Å²) >= 11 is 1.09. The van der Waals surface area contributed by atoms with E-state index in [0.29, 0.717) is 0 Å². The van der Waals surface area contributed by atoms with Crippen LogP contribution in [0, 0.1) is 13.7 Å². The first-order chi connectivity index (χ1) is 8.13. The molecule has 1 heterocycles. The summed E-state index contributed by atoms with van der Waals surface area (Å²) in [7, 11) is 0. The minimum Gasteiger partial charge on any atom is -0.386 e. The number of nitro groups is 1. The van der Waals surface area contributed by atoms with Gasteiger partial charge in [-0.05, 0) is 22.6 Å². The Bertz CT molecular complexity index is 479. The fourth-order valence-electron chi connectivity index (χ4n) is 1.00. The first kappa shape index (κ1) is 14.8. The Hall–Kier alpha value is -1.27. The molecule has 0 N–H and O–H groups in total. The van der Waals surface area contributed by atoms with Gasteiger partial charge < -0.3 is 4.74 Å². The van der Waals surface area contributed by atoms with Crippen LogP contribution in [0.2, 0.25) is 0 Å². The Labute approximate surface area is 109 Å². The van der Waals surface area contributed by atoms with Crippen LogP contribution >= 0.6 is 22.6 Å². The average molecular weight is 384 g/mol. The Kier molecular flexibility index (Phi) is 4.24. The van der Waals surface area contributed by atoms with Gasteiger partial charge in [0.05, 0.1) is 4.92 Å². The van der Waals surface area contributed by atoms with E-state index in [1.165, 1.54) is 0 Å². The molecule has 0 spiro atoms. The van der Waals surface area contributed by atoms with Gasteiger partial charge in [-0.2, -0.15) is 0 Å². The van der Waals surface area contributed by atoms with E-state index in [9.17, 15) is 32.1 Å². The second-order valence-electron chi connectivity index (χ2n) is 2.79. The molecule has 1 aromatic heterocycles. The molecule has 18 heavy (non-hydrogen) atoms. The number of aromatic nitrogens is 1. The number of nitrogens with zero attached hydrogens (tertiary/aromatic N) is 2.